The summed E-state index contributed by atoms with van der Waals surface area (Å²) in [7, 11) is 0. The lowest BCUT2D eigenvalue weighted by Gasteiger charge is -2.06. The lowest BCUT2D eigenvalue weighted by atomic mass is 10.00. The minimum atomic E-state index is -0.643. The van der Waals surface area contributed by atoms with Gasteiger partial charge in [0.2, 0.25) is 0 Å². The Labute approximate surface area is 176 Å². The van der Waals surface area contributed by atoms with E-state index >= 15 is 0 Å². The molecule has 0 aliphatic carbocycles. The van der Waals surface area contributed by atoms with E-state index < -0.39 is 11.9 Å². The molecular weight excluding hydrogens is 352 g/mol. The quantitative estimate of drug-likeness (QED) is 0.344. The summed E-state index contributed by atoms with van der Waals surface area (Å²) in [4.78, 5) is 20.9. The first-order valence-corrected chi connectivity index (χ1v) is 11.7. The van der Waals surface area contributed by atoms with E-state index in [1.807, 2.05) is 13.8 Å². The van der Waals surface area contributed by atoms with Crippen LogP contribution in [-0.2, 0) is 9.59 Å². The highest BCUT2D eigenvalue weighted by atomic mass is 16.4. The minimum Gasteiger partial charge on any atom is -0.481 e. The fourth-order valence-corrected chi connectivity index (χ4v) is 1.91. The van der Waals surface area contributed by atoms with Crippen molar-refractivity contribution in [2.45, 2.75) is 132 Å². The molecule has 28 heavy (non-hydrogen) atoms. The molecule has 172 valence electrons. The number of carboxylic acids is 2. The summed E-state index contributed by atoms with van der Waals surface area (Å²) in [5.74, 6) is -1.51. The third-order valence-corrected chi connectivity index (χ3v) is 4.50. The van der Waals surface area contributed by atoms with Crippen molar-refractivity contribution in [3.05, 3.63) is 0 Å². The Hall–Kier alpha value is -1.06. The van der Waals surface area contributed by atoms with Crippen LogP contribution in [0, 0.1) is 11.8 Å². The number of carboxylic acid groups (broad SMARTS) is 2. The van der Waals surface area contributed by atoms with Gasteiger partial charge in [-0.1, -0.05) is 107 Å². The second kappa shape index (κ2) is 30.7. The number of hydrogen-bond acceptors (Lipinski definition) is 2. The molecule has 4 heteroatoms. The molecule has 2 unspecified atom stereocenters. The summed E-state index contributed by atoms with van der Waals surface area (Å²) >= 11 is 0. The van der Waals surface area contributed by atoms with Crippen molar-refractivity contribution >= 4 is 11.9 Å². The van der Waals surface area contributed by atoms with E-state index in [1.165, 1.54) is 25.7 Å². The Morgan fingerprint density at radius 2 is 0.786 bits per heavy atom. The Balaban J connectivity index is -0.000000150. The van der Waals surface area contributed by atoms with E-state index in [4.69, 9.17) is 10.2 Å². The van der Waals surface area contributed by atoms with Crippen molar-refractivity contribution in [3.8, 4) is 0 Å². The van der Waals surface area contributed by atoms with Crippen LogP contribution in [-0.4, -0.2) is 22.2 Å². The largest absolute Gasteiger partial charge is 0.481 e. The third kappa shape index (κ3) is 32.6. The molecule has 0 saturated carbocycles. The highest BCUT2D eigenvalue weighted by Crippen LogP contribution is 2.12. The average molecular weight is 405 g/mol. The van der Waals surface area contributed by atoms with E-state index in [0.29, 0.717) is 0 Å². The lowest BCUT2D eigenvalue weighted by Crippen LogP contribution is -2.11. The van der Waals surface area contributed by atoms with Gasteiger partial charge in [0.05, 0.1) is 11.8 Å². The maximum Gasteiger partial charge on any atom is 0.306 e. The number of aliphatic carboxylic acids is 2. The van der Waals surface area contributed by atoms with Crippen molar-refractivity contribution in [1.82, 2.24) is 0 Å². The second-order valence-corrected chi connectivity index (χ2v) is 7.17. The summed E-state index contributed by atoms with van der Waals surface area (Å²) < 4.78 is 0. The molecule has 0 aliphatic heterocycles. The van der Waals surface area contributed by atoms with Crippen LogP contribution in [0.25, 0.3) is 0 Å². The SMILES string of the molecule is CCCC.CCCC.CCCCC(CC)C(=O)O.CCCCC(CC)C(=O)O. The number of unbranched alkanes of at least 4 members (excludes halogenated alkanes) is 4. The molecule has 2 atom stereocenters. The Morgan fingerprint density at radius 1 is 0.536 bits per heavy atom. The fourth-order valence-electron chi connectivity index (χ4n) is 1.91. The van der Waals surface area contributed by atoms with Crippen LogP contribution in [0.4, 0.5) is 0 Å². The van der Waals surface area contributed by atoms with E-state index in [1.54, 1.807) is 0 Å². The van der Waals surface area contributed by atoms with Gasteiger partial charge in [0.25, 0.3) is 0 Å². The second-order valence-electron chi connectivity index (χ2n) is 7.17. The molecule has 0 aromatic carbocycles. The average Bonchev–Trinajstić information content (AvgIpc) is 2.69. The zero-order valence-electron chi connectivity index (χ0n) is 20.4. The molecule has 0 rings (SSSR count). The van der Waals surface area contributed by atoms with Gasteiger partial charge in [-0.3, -0.25) is 9.59 Å². The van der Waals surface area contributed by atoms with Crippen molar-refractivity contribution in [2.75, 3.05) is 0 Å². The third-order valence-electron chi connectivity index (χ3n) is 4.50. The zero-order chi connectivity index (χ0) is 22.8. The topological polar surface area (TPSA) is 74.6 Å². The Kier molecular flexibility index (Phi) is 37.7. The molecule has 0 bridgehead atoms. The summed E-state index contributed by atoms with van der Waals surface area (Å²) in [5, 5.41) is 17.2. The van der Waals surface area contributed by atoms with Gasteiger partial charge in [0.1, 0.15) is 0 Å². The van der Waals surface area contributed by atoms with Crippen LogP contribution in [0.15, 0.2) is 0 Å². The van der Waals surface area contributed by atoms with Crippen LogP contribution >= 0.6 is 0 Å². The predicted molar refractivity (Wildman–Crippen MR) is 123 cm³/mol. The predicted octanol–water partition coefficient (Wildman–Crippen LogP) is 8.19. The van der Waals surface area contributed by atoms with Crippen molar-refractivity contribution in [2.24, 2.45) is 11.8 Å². The normalized spacial score (nSPS) is 11.4. The smallest absolute Gasteiger partial charge is 0.306 e. The summed E-state index contributed by atoms with van der Waals surface area (Å²) in [5.41, 5.74) is 0. The van der Waals surface area contributed by atoms with Gasteiger partial charge in [-0.25, -0.2) is 0 Å². The van der Waals surface area contributed by atoms with Crippen LogP contribution in [0.2, 0.25) is 0 Å². The first kappa shape index (κ1) is 34.4. The molecule has 0 saturated heterocycles. The van der Waals surface area contributed by atoms with E-state index in [2.05, 4.69) is 41.5 Å². The Bertz CT molecular complexity index is 269. The maximum atomic E-state index is 10.4. The molecule has 0 fully saturated rings. The molecular formula is C24H52O4. The first-order valence-electron chi connectivity index (χ1n) is 11.7. The number of rotatable bonds is 12. The molecule has 0 radical (unpaired) electrons. The van der Waals surface area contributed by atoms with Gasteiger partial charge in [0, 0.05) is 0 Å². The lowest BCUT2D eigenvalue weighted by molar-refractivity contribution is -0.143. The maximum absolute atomic E-state index is 10.4. The van der Waals surface area contributed by atoms with Crippen molar-refractivity contribution in [3.63, 3.8) is 0 Å². The van der Waals surface area contributed by atoms with Crippen LogP contribution < -0.4 is 0 Å². The van der Waals surface area contributed by atoms with Crippen molar-refractivity contribution in [1.29, 1.82) is 0 Å². The zero-order valence-corrected chi connectivity index (χ0v) is 20.4. The van der Waals surface area contributed by atoms with E-state index in [-0.39, 0.29) is 11.8 Å². The van der Waals surface area contributed by atoms with Gasteiger partial charge >= 0.3 is 11.9 Å². The number of carbonyl (C=O) groups is 2. The first-order chi connectivity index (χ1) is 13.3. The summed E-state index contributed by atoms with van der Waals surface area (Å²) in [6, 6.07) is 0. The van der Waals surface area contributed by atoms with E-state index in [9.17, 15) is 9.59 Å². The monoisotopic (exact) mass is 404 g/mol. The van der Waals surface area contributed by atoms with Crippen LogP contribution in [0.5, 0.6) is 0 Å². The van der Waals surface area contributed by atoms with Gasteiger partial charge in [-0.15, -0.1) is 0 Å². The standard InChI is InChI=1S/2C8H16O2.2C4H10/c2*1-3-5-6-7(4-2)8(9)10;2*1-3-4-2/h2*7H,3-6H2,1-2H3,(H,9,10);2*3-4H2,1-2H3. The minimum absolute atomic E-state index is 0.111. The molecule has 0 spiro atoms. The molecule has 0 heterocycles. The van der Waals surface area contributed by atoms with Crippen LogP contribution in [0.3, 0.4) is 0 Å². The highest BCUT2D eigenvalue weighted by molar-refractivity contribution is 5.70. The summed E-state index contributed by atoms with van der Waals surface area (Å²) in [6.07, 6.45) is 12.7. The molecule has 0 aromatic heterocycles. The Morgan fingerprint density at radius 3 is 0.893 bits per heavy atom. The van der Waals surface area contributed by atoms with E-state index in [0.717, 1.165) is 51.4 Å². The van der Waals surface area contributed by atoms with Gasteiger partial charge in [0.15, 0.2) is 0 Å². The van der Waals surface area contributed by atoms with Crippen LogP contribution in [0.1, 0.15) is 132 Å². The van der Waals surface area contributed by atoms with Crippen molar-refractivity contribution < 1.29 is 19.8 Å². The molecule has 0 aliphatic rings. The van der Waals surface area contributed by atoms with Gasteiger partial charge in [-0.2, -0.15) is 0 Å². The number of hydrogen-bond donors (Lipinski definition) is 2. The fraction of sp³-hybridized carbons (Fsp3) is 0.917. The molecule has 2 N–H and O–H groups in total. The highest BCUT2D eigenvalue weighted by Gasteiger charge is 2.13. The van der Waals surface area contributed by atoms with Gasteiger partial charge in [-0.05, 0) is 25.7 Å². The summed E-state index contributed by atoms with van der Waals surface area (Å²) in [6.45, 7) is 16.7. The molecule has 4 nitrogen and oxygen atoms in total. The van der Waals surface area contributed by atoms with Gasteiger partial charge < -0.3 is 10.2 Å². The molecule has 0 aromatic rings. The molecule has 0 amide bonds.